The predicted molar refractivity (Wildman–Crippen MR) is 183 cm³/mol. The Morgan fingerprint density at radius 1 is 1.10 bits per heavy atom. The molecule has 4 aromatic rings. The molecule has 6 rings (SSSR count). The number of benzene rings is 2. The van der Waals surface area contributed by atoms with Crippen molar-refractivity contribution >= 4 is 33.5 Å². The average molecular weight is 688 g/mol. The highest BCUT2D eigenvalue weighted by atomic mass is 32.2. The van der Waals surface area contributed by atoms with E-state index >= 15 is 4.39 Å². The molecule has 0 radical (unpaired) electrons. The number of para-hydroxylation sites is 1. The third kappa shape index (κ3) is 7.41. The van der Waals surface area contributed by atoms with Crippen molar-refractivity contribution in [3.05, 3.63) is 72.3 Å². The third-order valence-corrected chi connectivity index (χ3v) is 9.70. The van der Waals surface area contributed by atoms with E-state index in [1.165, 1.54) is 12.4 Å². The predicted octanol–water partition coefficient (Wildman–Crippen LogP) is 3.59. The molecule has 0 saturated carbocycles. The number of piperazine rings is 1. The maximum Gasteiger partial charge on any atom is 0.264 e. The van der Waals surface area contributed by atoms with Gasteiger partial charge in [-0.1, -0.05) is 18.2 Å². The van der Waals surface area contributed by atoms with Gasteiger partial charge in [0, 0.05) is 56.4 Å². The molecule has 0 unspecified atom stereocenters. The number of aromatic nitrogens is 4. The van der Waals surface area contributed by atoms with Crippen molar-refractivity contribution in [3.8, 4) is 28.8 Å². The number of ether oxygens (including phenoxy) is 1. The first-order valence-corrected chi connectivity index (χ1v) is 17.4. The largest absolute Gasteiger partial charge is 0.457 e. The van der Waals surface area contributed by atoms with Gasteiger partial charge in [0.2, 0.25) is 0 Å². The van der Waals surface area contributed by atoms with Crippen molar-refractivity contribution < 1.29 is 22.3 Å². The van der Waals surface area contributed by atoms with E-state index in [0.29, 0.717) is 68.1 Å². The number of amides is 1. The second kappa shape index (κ2) is 14.3. The van der Waals surface area contributed by atoms with Gasteiger partial charge in [0.25, 0.3) is 5.91 Å². The lowest BCUT2D eigenvalue weighted by Crippen LogP contribution is -2.54. The lowest BCUT2D eigenvalue weighted by atomic mass is 9.96. The van der Waals surface area contributed by atoms with Crippen LogP contribution >= 0.6 is 0 Å². The molecule has 2 aromatic heterocycles. The quantitative estimate of drug-likeness (QED) is 0.150. The molecule has 256 valence electrons. The number of piperidine rings is 1. The summed E-state index contributed by atoms with van der Waals surface area (Å²) in [5, 5.41) is 15.3. The smallest absolute Gasteiger partial charge is 0.264 e. The Bertz CT molecular complexity index is 1990. The van der Waals surface area contributed by atoms with E-state index in [1.54, 1.807) is 39.9 Å². The first-order valence-electron chi connectivity index (χ1n) is 16.1. The van der Waals surface area contributed by atoms with Gasteiger partial charge in [0.05, 0.1) is 17.3 Å². The van der Waals surface area contributed by atoms with E-state index in [0.717, 1.165) is 0 Å². The van der Waals surface area contributed by atoms with Gasteiger partial charge in [0.1, 0.15) is 46.8 Å². The molecule has 13 nitrogen and oxygen atoms in total. The van der Waals surface area contributed by atoms with Crippen LogP contribution in [0.3, 0.4) is 0 Å². The minimum absolute atomic E-state index is 0.0219. The van der Waals surface area contributed by atoms with E-state index < -0.39 is 22.1 Å². The van der Waals surface area contributed by atoms with Crippen LogP contribution in [0.15, 0.2) is 66.5 Å². The van der Waals surface area contributed by atoms with Gasteiger partial charge in [-0.15, -0.1) is 0 Å². The Hall–Kier alpha value is -4.91. The Kier molecular flexibility index (Phi) is 9.91. The molecule has 2 saturated heterocycles. The van der Waals surface area contributed by atoms with Crippen molar-refractivity contribution in [1.82, 2.24) is 34.4 Å². The number of hydrogen-bond donors (Lipinski definition) is 2. The molecule has 1 atom stereocenters. The fraction of sp³-hybridized carbons (Fsp3) is 0.382. The zero-order valence-electron chi connectivity index (χ0n) is 27.3. The van der Waals surface area contributed by atoms with Gasteiger partial charge in [-0.2, -0.15) is 10.4 Å². The highest BCUT2D eigenvalue weighted by Gasteiger charge is 2.33. The van der Waals surface area contributed by atoms with Crippen LogP contribution in [-0.2, 0) is 15.5 Å². The molecule has 1 amide bonds. The first-order chi connectivity index (χ1) is 23.5. The Morgan fingerprint density at radius 2 is 1.86 bits per heavy atom. The molecule has 0 aliphatic carbocycles. The van der Waals surface area contributed by atoms with Crippen LogP contribution in [-0.4, -0.2) is 99.5 Å². The topological polar surface area (TPSA) is 164 Å². The summed E-state index contributed by atoms with van der Waals surface area (Å²) in [4.78, 5) is 28.1. The minimum Gasteiger partial charge on any atom is -0.457 e. The Morgan fingerprint density at radius 3 is 2.55 bits per heavy atom. The van der Waals surface area contributed by atoms with E-state index in [2.05, 4.69) is 20.9 Å². The standard InChI is InChI=1S/C34H38FN9O4S/c1-34(2,43-15-13-41(14-16-43)22-49(46)47)18-23(19-36)33(45)42-12-6-7-24(20-42)44-32-29(31(37)38-21-39-32)30(40-44)27-11-10-26(17-28(27)35)48-25-8-4-3-5-9-25/h3-5,8-11,17-18,21,24,49H,6-7,12-16,20,22H2,1-2H3,(H2,37,38,39)/t24-/m1/s1. The third-order valence-electron chi connectivity index (χ3n) is 9.07. The highest BCUT2D eigenvalue weighted by molar-refractivity contribution is 7.72. The molecule has 4 heterocycles. The number of nitrogens with zero attached hydrogens (tertiary/aromatic N) is 8. The molecular weight excluding hydrogens is 649 g/mol. The normalized spacial score (nSPS) is 18.1. The number of fused-ring (bicyclic) bond motifs is 1. The maximum absolute atomic E-state index is 15.7. The van der Waals surface area contributed by atoms with Crippen LogP contribution in [0.5, 0.6) is 11.5 Å². The molecule has 15 heteroatoms. The van der Waals surface area contributed by atoms with E-state index in [1.807, 2.05) is 36.9 Å². The number of nitrogens with two attached hydrogens (primary N) is 1. The number of carbonyl (C=O) groups is 1. The molecule has 2 aliphatic rings. The van der Waals surface area contributed by atoms with Gasteiger partial charge >= 0.3 is 0 Å². The van der Waals surface area contributed by atoms with Crippen molar-refractivity contribution in [1.29, 1.82) is 5.26 Å². The highest BCUT2D eigenvalue weighted by Crippen LogP contribution is 2.36. The second-order valence-corrected chi connectivity index (χ2v) is 13.7. The number of rotatable bonds is 9. The number of halogens is 1. The number of likely N-dealkylation sites (tertiary alicyclic amines) is 1. The van der Waals surface area contributed by atoms with Gasteiger partial charge in [-0.3, -0.25) is 14.6 Å². The van der Waals surface area contributed by atoms with Crippen LogP contribution in [0.2, 0.25) is 0 Å². The summed E-state index contributed by atoms with van der Waals surface area (Å²) < 4.78 is 45.4. The summed E-state index contributed by atoms with van der Waals surface area (Å²) >= 11 is 0. The van der Waals surface area contributed by atoms with Crippen LogP contribution < -0.4 is 10.5 Å². The molecule has 2 aromatic carbocycles. The summed E-state index contributed by atoms with van der Waals surface area (Å²) in [6, 6.07) is 15.4. The lowest BCUT2D eigenvalue weighted by molar-refractivity contribution is -0.128. The van der Waals surface area contributed by atoms with E-state index in [9.17, 15) is 18.5 Å². The average Bonchev–Trinajstić information content (AvgIpc) is 3.48. The summed E-state index contributed by atoms with van der Waals surface area (Å²) in [7, 11) is -2.49. The van der Waals surface area contributed by atoms with Gasteiger partial charge < -0.3 is 15.4 Å². The van der Waals surface area contributed by atoms with Crippen LogP contribution in [0.4, 0.5) is 10.2 Å². The van der Waals surface area contributed by atoms with Crippen molar-refractivity contribution in [2.45, 2.75) is 38.3 Å². The molecule has 49 heavy (non-hydrogen) atoms. The molecule has 2 aliphatic heterocycles. The van der Waals surface area contributed by atoms with Gasteiger partial charge in [-0.05, 0) is 57.0 Å². The zero-order valence-corrected chi connectivity index (χ0v) is 28.2. The molecular formula is C34H38FN9O4S. The summed E-state index contributed by atoms with van der Waals surface area (Å²) in [6.07, 6.45) is 4.36. The summed E-state index contributed by atoms with van der Waals surface area (Å²) in [5.41, 5.74) is 6.63. The van der Waals surface area contributed by atoms with Gasteiger partial charge in [0.15, 0.2) is 16.4 Å². The minimum atomic E-state index is -2.49. The second-order valence-electron chi connectivity index (χ2n) is 12.8. The maximum atomic E-state index is 15.7. The van der Waals surface area contributed by atoms with Crippen molar-refractivity contribution in [2.75, 3.05) is 50.9 Å². The number of anilines is 1. The zero-order chi connectivity index (χ0) is 34.7. The monoisotopic (exact) mass is 687 g/mol. The van der Waals surface area contributed by atoms with E-state index in [4.69, 9.17) is 15.6 Å². The molecule has 0 spiro atoms. The molecule has 2 N–H and O–H groups in total. The number of hydrogen-bond acceptors (Lipinski definition) is 11. The van der Waals surface area contributed by atoms with Crippen LogP contribution in [0.25, 0.3) is 22.3 Å². The first kappa shape index (κ1) is 34.0. The van der Waals surface area contributed by atoms with Crippen LogP contribution in [0.1, 0.15) is 32.7 Å². The fourth-order valence-electron chi connectivity index (χ4n) is 6.54. The number of nitrogen functional groups attached to an aromatic ring is 1. The van der Waals surface area contributed by atoms with Crippen molar-refractivity contribution in [3.63, 3.8) is 0 Å². The Balaban J connectivity index is 1.23. The number of thiol groups is 1. The summed E-state index contributed by atoms with van der Waals surface area (Å²) in [5.74, 6) is 0.134. The van der Waals surface area contributed by atoms with Gasteiger partial charge in [-0.25, -0.2) is 27.5 Å². The number of carbonyl (C=O) groups excluding carboxylic acids is 1. The SMILES string of the molecule is CC(C)(C=C(C#N)C(=O)N1CCC[C@@H](n2nc(-c3ccc(Oc4ccccc4)cc3F)c3c(N)ncnc32)C1)N1CCN(C[SH](=O)=O)CC1. The van der Waals surface area contributed by atoms with Crippen LogP contribution in [0, 0.1) is 17.1 Å². The fourth-order valence-corrected chi connectivity index (χ4v) is 7.15. The Labute approximate surface area is 285 Å². The summed E-state index contributed by atoms with van der Waals surface area (Å²) in [6.45, 7) is 6.98. The van der Waals surface area contributed by atoms with Crippen molar-refractivity contribution in [2.24, 2.45) is 0 Å². The van der Waals surface area contributed by atoms with E-state index in [-0.39, 0.29) is 47.0 Å². The molecule has 2 fully saturated rings. The molecule has 0 bridgehead atoms. The lowest BCUT2D eigenvalue weighted by Gasteiger charge is -2.42. The number of nitriles is 1.